The van der Waals surface area contributed by atoms with Gasteiger partial charge in [0.2, 0.25) is 5.88 Å². The summed E-state index contributed by atoms with van der Waals surface area (Å²) in [7, 11) is 2.09. The molecule has 0 spiro atoms. The molecule has 0 fully saturated rings. The fourth-order valence-electron chi connectivity index (χ4n) is 2.14. The molecule has 1 aromatic heterocycles. The second kappa shape index (κ2) is 6.71. The lowest BCUT2D eigenvalue weighted by atomic mass is 10.2. The molecule has 0 saturated carbocycles. The maximum absolute atomic E-state index is 6.06. The van der Waals surface area contributed by atoms with Crippen molar-refractivity contribution in [3.05, 3.63) is 36.9 Å². The normalized spacial score (nSPS) is 10.8. The summed E-state index contributed by atoms with van der Waals surface area (Å²) in [5.74, 6) is 2.01. The number of hydrogen-bond acceptors (Lipinski definition) is 3. The van der Waals surface area contributed by atoms with E-state index in [1.807, 2.05) is 6.08 Å². The third-order valence-electron chi connectivity index (χ3n) is 3.09. The fourth-order valence-corrected chi connectivity index (χ4v) is 2.88. The lowest BCUT2D eigenvalue weighted by Crippen LogP contribution is -2.17. The standard InChI is InChI=1S/C16H21NOS/c1-4-6-9-12-17(3)15-13-10-7-8-11-14(13)16(18-15)19-5-2/h4,7-8,10-11H,1,5-6,9,12H2,2-3H3. The van der Waals surface area contributed by atoms with E-state index in [1.54, 1.807) is 11.8 Å². The topological polar surface area (TPSA) is 16.4 Å². The number of rotatable bonds is 7. The summed E-state index contributed by atoms with van der Waals surface area (Å²) >= 11 is 1.76. The Bertz CT molecular complexity index is 547. The van der Waals surface area contributed by atoms with Crippen LogP contribution in [0, 0.1) is 0 Å². The van der Waals surface area contributed by atoms with E-state index < -0.39 is 0 Å². The van der Waals surface area contributed by atoms with E-state index in [-0.39, 0.29) is 0 Å². The zero-order valence-corrected chi connectivity index (χ0v) is 12.5. The number of furan rings is 1. The summed E-state index contributed by atoms with van der Waals surface area (Å²) in [5, 5.41) is 3.46. The Hall–Kier alpha value is -1.35. The molecule has 102 valence electrons. The van der Waals surface area contributed by atoms with Gasteiger partial charge in [-0.3, -0.25) is 0 Å². The van der Waals surface area contributed by atoms with Gasteiger partial charge in [0.25, 0.3) is 0 Å². The van der Waals surface area contributed by atoms with Crippen molar-refractivity contribution in [2.24, 2.45) is 0 Å². The summed E-state index contributed by atoms with van der Waals surface area (Å²) < 4.78 is 6.06. The van der Waals surface area contributed by atoms with Gasteiger partial charge >= 0.3 is 0 Å². The van der Waals surface area contributed by atoms with Crippen molar-refractivity contribution in [1.82, 2.24) is 0 Å². The quantitative estimate of drug-likeness (QED) is 0.404. The van der Waals surface area contributed by atoms with Crippen LogP contribution in [-0.2, 0) is 0 Å². The van der Waals surface area contributed by atoms with E-state index >= 15 is 0 Å². The van der Waals surface area contributed by atoms with E-state index in [0.29, 0.717) is 0 Å². The highest BCUT2D eigenvalue weighted by Gasteiger charge is 2.15. The summed E-state index contributed by atoms with van der Waals surface area (Å²) in [6.45, 7) is 6.90. The Morgan fingerprint density at radius 3 is 2.74 bits per heavy atom. The van der Waals surface area contributed by atoms with E-state index in [1.165, 1.54) is 10.8 Å². The first kappa shape index (κ1) is 14.1. The minimum atomic E-state index is 0.982. The van der Waals surface area contributed by atoms with Crippen molar-refractivity contribution in [3.63, 3.8) is 0 Å². The Balaban J connectivity index is 2.29. The molecule has 0 N–H and O–H groups in total. The first-order valence-corrected chi connectivity index (χ1v) is 7.72. The molecular weight excluding hydrogens is 254 g/mol. The highest BCUT2D eigenvalue weighted by molar-refractivity contribution is 7.99. The molecule has 0 saturated heterocycles. The second-order valence-electron chi connectivity index (χ2n) is 4.53. The van der Waals surface area contributed by atoms with Gasteiger partial charge in [-0.05, 0) is 30.7 Å². The van der Waals surface area contributed by atoms with Crippen LogP contribution in [0.4, 0.5) is 5.88 Å². The van der Waals surface area contributed by atoms with Crippen molar-refractivity contribution in [1.29, 1.82) is 0 Å². The van der Waals surface area contributed by atoms with Crippen molar-refractivity contribution in [3.8, 4) is 0 Å². The molecule has 0 aliphatic carbocycles. The smallest absolute Gasteiger partial charge is 0.204 e. The summed E-state index contributed by atoms with van der Waals surface area (Å²) in [6, 6.07) is 8.41. The molecule has 0 aliphatic rings. The number of allylic oxidation sites excluding steroid dienone is 1. The molecular formula is C16H21NOS. The minimum absolute atomic E-state index is 0.982. The second-order valence-corrected chi connectivity index (χ2v) is 5.76. The van der Waals surface area contributed by atoms with Crippen LogP contribution in [0.5, 0.6) is 0 Å². The van der Waals surface area contributed by atoms with Gasteiger partial charge < -0.3 is 9.32 Å². The van der Waals surface area contributed by atoms with Gasteiger partial charge in [0, 0.05) is 24.4 Å². The molecule has 0 bridgehead atoms. The first-order valence-electron chi connectivity index (χ1n) is 6.74. The van der Waals surface area contributed by atoms with Crippen molar-refractivity contribution >= 4 is 28.4 Å². The first-order chi connectivity index (χ1) is 9.27. The van der Waals surface area contributed by atoms with Crippen LogP contribution in [0.25, 0.3) is 10.8 Å². The Morgan fingerprint density at radius 2 is 2.05 bits per heavy atom. The number of nitrogens with zero attached hydrogens (tertiary/aromatic N) is 1. The van der Waals surface area contributed by atoms with E-state index in [4.69, 9.17) is 4.42 Å². The highest BCUT2D eigenvalue weighted by Crippen LogP contribution is 2.37. The van der Waals surface area contributed by atoms with Crippen LogP contribution in [0.15, 0.2) is 46.4 Å². The third kappa shape index (κ3) is 3.16. The van der Waals surface area contributed by atoms with Gasteiger partial charge in [0.1, 0.15) is 0 Å². The average Bonchev–Trinajstić information content (AvgIpc) is 2.79. The molecule has 3 heteroatoms. The van der Waals surface area contributed by atoms with Crippen LogP contribution >= 0.6 is 11.8 Å². The van der Waals surface area contributed by atoms with E-state index in [2.05, 4.69) is 49.7 Å². The molecule has 19 heavy (non-hydrogen) atoms. The molecule has 2 aromatic rings. The molecule has 0 amide bonds. The van der Waals surface area contributed by atoms with Gasteiger partial charge in [0.15, 0.2) is 5.09 Å². The molecule has 2 nitrogen and oxygen atoms in total. The predicted molar refractivity (Wildman–Crippen MR) is 85.3 cm³/mol. The van der Waals surface area contributed by atoms with Crippen LogP contribution in [-0.4, -0.2) is 19.3 Å². The van der Waals surface area contributed by atoms with Crippen molar-refractivity contribution in [2.45, 2.75) is 24.9 Å². The lowest BCUT2D eigenvalue weighted by Gasteiger charge is -2.15. The van der Waals surface area contributed by atoms with Crippen molar-refractivity contribution < 1.29 is 4.42 Å². The molecule has 1 heterocycles. The lowest BCUT2D eigenvalue weighted by molar-refractivity contribution is 0.477. The monoisotopic (exact) mass is 275 g/mol. The Labute approximate surface area is 119 Å². The molecule has 0 unspecified atom stereocenters. The molecule has 0 aliphatic heterocycles. The fraction of sp³-hybridized carbons (Fsp3) is 0.375. The minimum Gasteiger partial charge on any atom is -0.433 e. The Kier molecular flexibility index (Phi) is 4.97. The SMILES string of the molecule is C=CCCCN(C)c1oc(SCC)c2ccccc12. The van der Waals surface area contributed by atoms with Gasteiger partial charge in [0.05, 0.1) is 0 Å². The predicted octanol–water partition coefficient (Wildman–Crippen LogP) is 4.95. The molecule has 0 radical (unpaired) electrons. The maximum Gasteiger partial charge on any atom is 0.204 e. The number of benzene rings is 1. The van der Waals surface area contributed by atoms with E-state index in [0.717, 1.165) is 36.1 Å². The third-order valence-corrected chi connectivity index (χ3v) is 3.94. The summed E-state index contributed by atoms with van der Waals surface area (Å²) in [5.41, 5.74) is 0. The summed E-state index contributed by atoms with van der Waals surface area (Å²) in [6.07, 6.45) is 4.11. The van der Waals surface area contributed by atoms with Gasteiger partial charge in [-0.25, -0.2) is 0 Å². The highest BCUT2D eigenvalue weighted by atomic mass is 32.2. The van der Waals surface area contributed by atoms with Gasteiger partial charge in [-0.1, -0.05) is 36.9 Å². The average molecular weight is 275 g/mol. The Morgan fingerprint density at radius 1 is 1.32 bits per heavy atom. The molecule has 1 aromatic carbocycles. The van der Waals surface area contributed by atoms with E-state index in [9.17, 15) is 0 Å². The van der Waals surface area contributed by atoms with Gasteiger partial charge in [-0.2, -0.15) is 0 Å². The zero-order chi connectivity index (χ0) is 13.7. The molecule has 2 rings (SSSR count). The number of fused-ring (bicyclic) bond motifs is 1. The summed E-state index contributed by atoms with van der Waals surface area (Å²) in [4.78, 5) is 2.20. The number of unbranched alkanes of at least 4 members (excludes halogenated alkanes) is 1. The largest absolute Gasteiger partial charge is 0.433 e. The van der Waals surface area contributed by atoms with Crippen LogP contribution in [0.3, 0.4) is 0 Å². The van der Waals surface area contributed by atoms with Crippen molar-refractivity contribution in [2.75, 3.05) is 24.2 Å². The number of hydrogen-bond donors (Lipinski definition) is 0. The number of thioether (sulfide) groups is 1. The number of anilines is 1. The van der Waals surface area contributed by atoms with Crippen LogP contribution in [0.1, 0.15) is 19.8 Å². The maximum atomic E-state index is 6.06. The molecule has 0 atom stereocenters. The zero-order valence-electron chi connectivity index (χ0n) is 11.7. The van der Waals surface area contributed by atoms with Crippen LogP contribution < -0.4 is 4.90 Å². The van der Waals surface area contributed by atoms with Gasteiger partial charge in [-0.15, -0.1) is 6.58 Å². The van der Waals surface area contributed by atoms with Crippen LogP contribution in [0.2, 0.25) is 0 Å².